The van der Waals surface area contributed by atoms with Gasteiger partial charge in [-0.15, -0.1) is 0 Å². The van der Waals surface area contributed by atoms with Gasteiger partial charge >= 0.3 is 5.82 Å². The van der Waals surface area contributed by atoms with Gasteiger partial charge in [0.05, 0.1) is 18.2 Å². The number of hydrogen-bond donors (Lipinski definition) is 0. The van der Waals surface area contributed by atoms with Crippen LogP contribution in [-0.4, -0.2) is 33.1 Å². The van der Waals surface area contributed by atoms with E-state index in [1.807, 2.05) is 24.3 Å². The average molecular weight is 462 g/mol. The lowest BCUT2D eigenvalue weighted by Crippen LogP contribution is -2.34. The standard InChI is InChI=1S/C24H22N4O6/c1-15-9-10-20(24(25-15)28(30)31)34-14-21(29)27-23(19-8-4-12-33-19)18-7-2-5-16(22(18)26-27)13-17-6-3-11-32-17/h3-4,6,8-13,18,23H,2,5,7,14H2,1H3. The van der Waals surface area contributed by atoms with E-state index in [4.69, 9.17) is 18.7 Å². The molecular formula is C24H22N4O6. The van der Waals surface area contributed by atoms with Gasteiger partial charge in [0.15, 0.2) is 6.61 Å². The van der Waals surface area contributed by atoms with Crippen molar-refractivity contribution in [2.45, 2.75) is 32.2 Å². The van der Waals surface area contributed by atoms with Crippen molar-refractivity contribution >= 4 is 23.5 Å². The Bertz CT molecular complexity index is 1260. The van der Waals surface area contributed by atoms with E-state index in [-0.39, 0.29) is 11.7 Å². The van der Waals surface area contributed by atoms with E-state index in [2.05, 4.69) is 4.98 Å². The van der Waals surface area contributed by atoms with Gasteiger partial charge in [0.25, 0.3) is 5.91 Å². The number of aromatic nitrogens is 1. The zero-order valence-electron chi connectivity index (χ0n) is 18.4. The molecule has 0 radical (unpaired) electrons. The molecule has 10 nitrogen and oxygen atoms in total. The molecule has 2 aliphatic rings. The van der Waals surface area contributed by atoms with Crippen molar-refractivity contribution in [3.63, 3.8) is 0 Å². The summed E-state index contributed by atoms with van der Waals surface area (Å²) in [6.07, 6.45) is 7.74. The van der Waals surface area contributed by atoms with Crippen LogP contribution in [0.1, 0.15) is 42.5 Å². The van der Waals surface area contributed by atoms with Crippen molar-refractivity contribution in [1.29, 1.82) is 0 Å². The zero-order chi connectivity index (χ0) is 23.7. The van der Waals surface area contributed by atoms with Crippen LogP contribution in [0.15, 0.2) is 68.4 Å². The molecule has 3 aromatic heterocycles. The molecule has 0 saturated heterocycles. The number of nitro groups is 1. The van der Waals surface area contributed by atoms with Crippen molar-refractivity contribution < 1.29 is 23.3 Å². The Hall–Kier alpha value is -4.21. The molecule has 1 saturated carbocycles. The molecule has 1 fully saturated rings. The first kappa shape index (κ1) is 21.6. The molecule has 5 rings (SSSR count). The van der Waals surface area contributed by atoms with E-state index >= 15 is 0 Å². The Morgan fingerprint density at radius 2 is 2.09 bits per heavy atom. The van der Waals surface area contributed by atoms with Gasteiger partial charge in [-0.25, -0.2) is 5.01 Å². The Balaban J connectivity index is 1.43. The molecule has 34 heavy (non-hydrogen) atoms. The van der Waals surface area contributed by atoms with E-state index in [1.165, 1.54) is 11.1 Å². The predicted molar refractivity (Wildman–Crippen MR) is 121 cm³/mol. The Labute approximate surface area is 194 Å². The van der Waals surface area contributed by atoms with E-state index in [9.17, 15) is 14.9 Å². The highest BCUT2D eigenvalue weighted by Crippen LogP contribution is 2.44. The summed E-state index contributed by atoms with van der Waals surface area (Å²) in [6.45, 7) is 1.22. The van der Waals surface area contributed by atoms with Crippen LogP contribution in [0.3, 0.4) is 0 Å². The van der Waals surface area contributed by atoms with Crippen LogP contribution >= 0.6 is 0 Å². The highest BCUT2D eigenvalue weighted by atomic mass is 16.6. The fraction of sp³-hybridized carbons (Fsp3) is 0.292. The summed E-state index contributed by atoms with van der Waals surface area (Å²) in [5.41, 5.74) is 2.31. The van der Waals surface area contributed by atoms with Gasteiger partial charge in [0.2, 0.25) is 5.75 Å². The number of hydrogen-bond acceptors (Lipinski definition) is 8. The number of furan rings is 2. The number of pyridine rings is 1. The zero-order valence-corrected chi connectivity index (χ0v) is 18.4. The molecule has 0 bridgehead atoms. The summed E-state index contributed by atoms with van der Waals surface area (Å²) in [5, 5.41) is 17.4. The molecule has 4 heterocycles. The van der Waals surface area contributed by atoms with Gasteiger partial charge in [0, 0.05) is 12.8 Å². The van der Waals surface area contributed by atoms with Crippen LogP contribution < -0.4 is 4.74 Å². The number of amides is 1. The van der Waals surface area contributed by atoms with Crippen molar-refractivity contribution in [2.24, 2.45) is 11.0 Å². The monoisotopic (exact) mass is 462 g/mol. The largest absolute Gasteiger partial charge is 0.475 e. The van der Waals surface area contributed by atoms with E-state index in [0.717, 1.165) is 36.3 Å². The maximum atomic E-state index is 13.3. The number of hydrazone groups is 1. The number of carbonyl (C=O) groups is 1. The van der Waals surface area contributed by atoms with E-state index in [1.54, 1.807) is 31.6 Å². The second kappa shape index (κ2) is 8.97. The molecule has 1 aliphatic heterocycles. The van der Waals surface area contributed by atoms with Crippen molar-refractivity contribution in [3.05, 3.63) is 81.8 Å². The van der Waals surface area contributed by atoms with Crippen LogP contribution in [0.25, 0.3) is 6.08 Å². The summed E-state index contributed by atoms with van der Waals surface area (Å²) in [6, 6.07) is 9.90. The summed E-state index contributed by atoms with van der Waals surface area (Å²) >= 11 is 0. The van der Waals surface area contributed by atoms with Crippen LogP contribution in [0.4, 0.5) is 5.82 Å². The Kier molecular flexibility index (Phi) is 5.70. The third kappa shape index (κ3) is 4.09. The van der Waals surface area contributed by atoms with Crippen LogP contribution in [0, 0.1) is 23.0 Å². The number of nitrogens with zero attached hydrogens (tertiary/aromatic N) is 4. The average Bonchev–Trinajstić information content (AvgIpc) is 3.58. The van der Waals surface area contributed by atoms with Crippen LogP contribution in [0.2, 0.25) is 0 Å². The smallest absolute Gasteiger partial charge is 0.406 e. The van der Waals surface area contributed by atoms with Crippen molar-refractivity contribution in [1.82, 2.24) is 9.99 Å². The Morgan fingerprint density at radius 3 is 2.82 bits per heavy atom. The molecule has 0 spiro atoms. The normalized spacial score (nSPS) is 20.8. The molecular weight excluding hydrogens is 440 g/mol. The first-order valence-electron chi connectivity index (χ1n) is 10.9. The number of fused-ring (bicyclic) bond motifs is 1. The van der Waals surface area contributed by atoms with Crippen LogP contribution in [-0.2, 0) is 4.79 Å². The first-order chi connectivity index (χ1) is 16.5. The quantitative estimate of drug-likeness (QED) is 0.384. The van der Waals surface area contributed by atoms with Gasteiger partial charge in [-0.2, -0.15) is 5.10 Å². The number of aryl methyl sites for hydroxylation is 1. The maximum absolute atomic E-state index is 13.3. The van der Waals surface area contributed by atoms with Gasteiger partial charge in [-0.3, -0.25) is 4.79 Å². The second-order valence-electron chi connectivity index (χ2n) is 8.19. The third-order valence-electron chi connectivity index (χ3n) is 5.95. The van der Waals surface area contributed by atoms with Crippen molar-refractivity contribution in [3.8, 4) is 5.75 Å². The SMILES string of the molecule is Cc1ccc(OCC(=O)N2N=C3C(=Cc4ccco4)CCCC3C2c2ccco2)c([N+](=O)[O-])n1. The lowest BCUT2D eigenvalue weighted by atomic mass is 9.79. The molecule has 0 aromatic carbocycles. The molecule has 2 unspecified atom stereocenters. The Morgan fingerprint density at radius 1 is 1.26 bits per heavy atom. The summed E-state index contributed by atoms with van der Waals surface area (Å²) in [7, 11) is 0. The molecule has 2 atom stereocenters. The highest BCUT2D eigenvalue weighted by Gasteiger charge is 2.45. The lowest BCUT2D eigenvalue weighted by molar-refractivity contribution is -0.390. The van der Waals surface area contributed by atoms with Gasteiger partial charge in [-0.05, 0) is 77.2 Å². The topological polar surface area (TPSA) is 124 Å². The highest BCUT2D eigenvalue weighted by molar-refractivity contribution is 6.08. The number of allylic oxidation sites excluding steroid dienone is 1. The fourth-order valence-electron chi connectivity index (χ4n) is 4.47. The number of rotatable bonds is 6. The second-order valence-corrected chi connectivity index (χ2v) is 8.19. The van der Waals surface area contributed by atoms with E-state index < -0.39 is 29.3 Å². The van der Waals surface area contributed by atoms with Crippen LogP contribution in [0.5, 0.6) is 5.75 Å². The first-order valence-corrected chi connectivity index (χ1v) is 10.9. The minimum atomic E-state index is -0.630. The molecule has 1 amide bonds. The third-order valence-corrected chi connectivity index (χ3v) is 5.95. The number of carbonyl (C=O) groups excluding carboxylic acids is 1. The van der Waals surface area contributed by atoms with Gasteiger partial charge in [0.1, 0.15) is 23.3 Å². The van der Waals surface area contributed by atoms with Crippen molar-refractivity contribution in [2.75, 3.05) is 6.61 Å². The van der Waals surface area contributed by atoms with Gasteiger partial charge in [-0.1, -0.05) is 0 Å². The molecule has 1 aliphatic carbocycles. The maximum Gasteiger partial charge on any atom is 0.406 e. The van der Waals surface area contributed by atoms with E-state index in [0.29, 0.717) is 11.5 Å². The van der Waals surface area contributed by atoms with Gasteiger partial charge < -0.3 is 23.7 Å². The summed E-state index contributed by atoms with van der Waals surface area (Å²) in [4.78, 5) is 27.9. The minimum Gasteiger partial charge on any atom is -0.475 e. The fourth-order valence-corrected chi connectivity index (χ4v) is 4.47. The predicted octanol–water partition coefficient (Wildman–Crippen LogP) is 4.69. The molecule has 10 heteroatoms. The minimum absolute atomic E-state index is 0.0413. The summed E-state index contributed by atoms with van der Waals surface area (Å²) < 4.78 is 16.7. The summed E-state index contributed by atoms with van der Waals surface area (Å²) in [5.74, 6) is 0.372. The number of ether oxygens (including phenoxy) is 1. The lowest BCUT2D eigenvalue weighted by Gasteiger charge is -2.27. The molecule has 3 aromatic rings. The molecule has 0 N–H and O–H groups in total. The molecule has 174 valence electrons.